The van der Waals surface area contributed by atoms with E-state index >= 15 is 0 Å². The first-order valence-electron chi connectivity index (χ1n) is 5.51. The number of benzene rings is 1. The van der Waals surface area contributed by atoms with Crippen LogP contribution in [-0.4, -0.2) is 18.1 Å². The molecule has 0 saturated heterocycles. The molecule has 0 atom stereocenters. The maximum atomic E-state index is 10.4. The van der Waals surface area contributed by atoms with Gasteiger partial charge in [-0.25, -0.2) is 8.42 Å². The molecule has 1 aromatic heterocycles. The zero-order valence-corrected chi connectivity index (χ0v) is 11.2. The van der Waals surface area contributed by atoms with E-state index in [0.29, 0.717) is 0 Å². The van der Waals surface area contributed by atoms with Crippen molar-refractivity contribution < 1.29 is 22.6 Å². The van der Waals surface area contributed by atoms with Gasteiger partial charge < -0.3 is 9.66 Å². The molecule has 0 fully saturated rings. The third kappa shape index (κ3) is 5.60. The Morgan fingerprint density at radius 1 is 1.11 bits per heavy atom. The van der Waals surface area contributed by atoms with Crippen molar-refractivity contribution in [2.75, 3.05) is 0 Å². The van der Waals surface area contributed by atoms with Crippen LogP contribution < -0.4 is 4.57 Å². The summed E-state index contributed by atoms with van der Waals surface area (Å²) in [6.07, 6.45) is 3.61. The number of aliphatic hydroxyl groups excluding tert-OH is 1. The Labute approximate surface area is 112 Å². The Hall–Kier alpha value is -1.76. The maximum Gasteiger partial charge on any atom is 0.250 e. The first-order valence-corrected chi connectivity index (χ1v) is 6.92. The highest BCUT2D eigenvalue weighted by Gasteiger charge is 1.97. The van der Waals surface area contributed by atoms with Crippen molar-refractivity contribution in [2.45, 2.75) is 18.6 Å². The van der Waals surface area contributed by atoms with Crippen LogP contribution in [0, 0.1) is 6.92 Å². The van der Waals surface area contributed by atoms with Crippen LogP contribution in [0.3, 0.4) is 0 Å². The molecule has 19 heavy (non-hydrogen) atoms. The highest BCUT2D eigenvalue weighted by Crippen LogP contribution is 2.08. The number of hydrogen-bond acceptors (Lipinski definition) is 4. The molecule has 1 aromatic carbocycles. The zero-order chi connectivity index (χ0) is 14.3. The van der Waals surface area contributed by atoms with Crippen molar-refractivity contribution in [1.29, 1.82) is 0 Å². The second-order valence-corrected chi connectivity index (χ2v) is 5.18. The molecule has 2 rings (SSSR count). The minimum atomic E-state index is -4.27. The quantitative estimate of drug-likeness (QED) is 0.653. The zero-order valence-electron chi connectivity index (χ0n) is 10.4. The number of aryl methyl sites for hydroxylation is 1. The number of nitrogens with zero attached hydrogens (tertiary/aromatic N) is 1. The molecule has 2 aromatic rings. The second-order valence-electron chi connectivity index (χ2n) is 3.80. The smallest absolute Gasteiger partial charge is 0.250 e. The highest BCUT2D eigenvalue weighted by molar-refractivity contribution is 7.85. The van der Waals surface area contributed by atoms with Gasteiger partial charge in [0.05, 0.1) is 4.90 Å². The lowest BCUT2D eigenvalue weighted by Gasteiger charge is -2.05. The van der Waals surface area contributed by atoms with Crippen molar-refractivity contribution >= 4 is 10.1 Å². The molecular formula is C13H15NO4S. The largest absolute Gasteiger partial charge is 0.744 e. The summed E-state index contributed by atoms with van der Waals surface area (Å²) in [7, 11) is -4.27. The predicted molar refractivity (Wildman–Crippen MR) is 68.0 cm³/mol. The van der Waals surface area contributed by atoms with Crippen molar-refractivity contribution in [1.82, 2.24) is 0 Å². The molecule has 0 amide bonds. The number of aliphatic hydroxyl groups is 1. The van der Waals surface area contributed by atoms with Crippen molar-refractivity contribution in [3.8, 4) is 0 Å². The van der Waals surface area contributed by atoms with E-state index in [1.807, 2.05) is 25.1 Å². The average molecular weight is 281 g/mol. The van der Waals surface area contributed by atoms with Gasteiger partial charge in [-0.3, -0.25) is 0 Å². The van der Waals surface area contributed by atoms with E-state index in [0.717, 1.165) is 5.56 Å². The van der Waals surface area contributed by atoms with Gasteiger partial charge in [-0.05, 0) is 19.1 Å². The summed E-state index contributed by atoms with van der Waals surface area (Å²) < 4.78 is 32.8. The third-order valence-electron chi connectivity index (χ3n) is 2.25. The first kappa shape index (κ1) is 15.3. The van der Waals surface area contributed by atoms with E-state index in [9.17, 15) is 13.0 Å². The molecule has 102 valence electrons. The minimum Gasteiger partial charge on any atom is -0.744 e. The second kappa shape index (κ2) is 6.98. The van der Waals surface area contributed by atoms with Crippen LogP contribution >= 0.6 is 0 Å². The molecule has 0 aliphatic carbocycles. The monoisotopic (exact) mass is 281 g/mol. The summed E-state index contributed by atoms with van der Waals surface area (Å²) in [5.41, 5.74) is 0.928. The van der Waals surface area contributed by atoms with Crippen molar-refractivity contribution in [2.24, 2.45) is 0 Å². The molecule has 0 saturated carbocycles. The predicted octanol–water partition coefficient (Wildman–Crippen LogP) is 0.823. The summed E-state index contributed by atoms with van der Waals surface area (Å²) in [5, 5.41) is 8.50. The van der Waals surface area contributed by atoms with Gasteiger partial charge in [-0.15, -0.1) is 0 Å². The number of rotatable bonds is 2. The summed E-state index contributed by atoms with van der Waals surface area (Å²) in [5.74, 6) is 0. The Bertz CT molecular complexity index is 594. The minimum absolute atomic E-state index is 0.0564. The van der Waals surface area contributed by atoms with Crippen molar-refractivity contribution in [3.05, 3.63) is 60.4 Å². The van der Waals surface area contributed by atoms with E-state index < -0.39 is 10.1 Å². The summed E-state index contributed by atoms with van der Waals surface area (Å²) in [6, 6.07) is 11.4. The lowest BCUT2D eigenvalue weighted by atomic mass is 10.2. The maximum absolute atomic E-state index is 10.4. The fourth-order valence-corrected chi connectivity index (χ4v) is 1.70. The summed E-state index contributed by atoms with van der Waals surface area (Å²) >= 11 is 0. The Morgan fingerprint density at radius 2 is 1.63 bits per heavy atom. The van der Waals surface area contributed by atoms with Crippen LogP contribution in [0.5, 0.6) is 0 Å². The average Bonchev–Trinajstić information content (AvgIpc) is 2.40. The lowest BCUT2D eigenvalue weighted by molar-refractivity contribution is -0.729. The lowest BCUT2D eigenvalue weighted by Crippen LogP contribution is -2.31. The molecular weight excluding hydrogens is 266 g/mol. The normalized spacial score (nSPS) is 10.5. The Balaban J connectivity index is 0.000000200. The van der Waals surface area contributed by atoms with E-state index in [4.69, 9.17) is 5.11 Å². The molecule has 0 aliphatic rings. The number of pyridine rings is 1. The molecule has 5 nitrogen and oxygen atoms in total. The van der Waals surface area contributed by atoms with Gasteiger partial charge in [0.15, 0.2) is 12.4 Å². The molecule has 1 heterocycles. The van der Waals surface area contributed by atoms with Crippen LogP contribution in [-0.2, 0) is 16.8 Å². The fraction of sp³-hybridized carbons (Fsp3) is 0.154. The molecule has 0 spiro atoms. The van der Waals surface area contributed by atoms with Gasteiger partial charge in [-0.2, -0.15) is 4.57 Å². The van der Waals surface area contributed by atoms with Gasteiger partial charge in [0.25, 0.3) is 0 Å². The Morgan fingerprint density at radius 3 is 2.00 bits per heavy atom. The van der Waals surface area contributed by atoms with Gasteiger partial charge in [-0.1, -0.05) is 23.8 Å². The van der Waals surface area contributed by atoms with E-state index in [2.05, 4.69) is 0 Å². The molecule has 6 heteroatoms. The molecule has 0 unspecified atom stereocenters. The van der Waals surface area contributed by atoms with E-state index in [-0.39, 0.29) is 11.6 Å². The van der Waals surface area contributed by atoms with E-state index in [1.165, 1.54) is 12.1 Å². The van der Waals surface area contributed by atoms with Gasteiger partial charge in [0.1, 0.15) is 10.1 Å². The van der Waals surface area contributed by atoms with Crippen LogP contribution in [0.25, 0.3) is 0 Å². The Kier molecular flexibility index (Phi) is 5.62. The molecule has 1 N–H and O–H groups in total. The van der Waals surface area contributed by atoms with Crippen LogP contribution in [0.1, 0.15) is 5.56 Å². The molecule has 0 bridgehead atoms. The first-order chi connectivity index (χ1) is 8.93. The topological polar surface area (TPSA) is 81.3 Å². The molecule has 0 radical (unpaired) electrons. The number of hydrogen-bond donors (Lipinski definition) is 1. The van der Waals surface area contributed by atoms with Crippen molar-refractivity contribution in [3.63, 3.8) is 0 Å². The van der Waals surface area contributed by atoms with Crippen LogP contribution in [0.4, 0.5) is 0 Å². The molecule has 0 aliphatic heterocycles. The van der Waals surface area contributed by atoms with Crippen LogP contribution in [0.15, 0.2) is 59.8 Å². The summed E-state index contributed by atoms with van der Waals surface area (Å²) in [6.45, 7) is 1.88. The SMILES string of the molecule is Cc1ccc(S(=O)(=O)[O-])cc1.OC[n+]1ccccc1. The van der Waals surface area contributed by atoms with Gasteiger partial charge >= 0.3 is 0 Å². The standard InChI is InChI=1S/C7H8O3S.C6H8NO/c1-6-2-4-7(5-3-6)11(8,9)10;8-6-7-4-2-1-3-5-7/h2-5H,1H3,(H,8,9,10);1-5,8H,6H2/q;+1/p-1. The van der Waals surface area contributed by atoms with Gasteiger partial charge in [0.2, 0.25) is 6.73 Å². The van der Waals surface area contributed by atoms with E-state index in [1.54, 1.807) is 29.1 Å². The fourth-order valence-electron chi connectivity index (χ4n) is 1.23. The summed E-state index contributed by atoms with van der Waals surface area (Å²) in [4.78, 5) is -0.178. The van der Waals surface area contributed by atoms with Crippen LogP contribution in [0.2, 0.25) is 0 Å². The van der Waals surface area contributed by atoms with Gasteiger partial charge in [0, 0.05) is 12.1 Å². The third-order valence-corrected chi connectivity index (χ3v) is 3.10. The highest BCUT2D eigenvalue weighted by atomic mass is 32.2. The number of aromatic nitrogens is 1.